The van der Waals surface area contributed by atoms with E-state index in [1.54, 1.807) is 36.4 Å². The lowest BCUT2D eigenvalue weighted by Gasteiger charge is -2.16. The Morgan fingerprint density at radius 1 is 1.00 bits per heavy atom. The Bertz CT molecular complexity index is 890. The van der Waals surface area contributed by atoms with Crippen LogP contribution in [0.15, 0.2) is 45.3 Å². The van der Waals surface area contributed by atoms with Crippen LogP contribution in [0.2, 0.25) is 0 Å². The van der Waals surface area contributed by atoms with Crippen molar-refractivity contribution in [2.75, 3.05) is 14.2 Å². The van der Waals surface area contributed by atoms with Crippen LogP contribution in [0.3, 0.4) is 0 Å². The molecule has 0 saturated heterocycles. The molecule has 0 N–H and O–H groups in total. The van der Waals surface area contributed by atoms with Crippen molar-refractivity contribution in [1.82, 2.24) is 0 Å². The second kappa shape index (κ2) is 8.97. The summed E-state index contributed by atoms with van der Waals surface area (Å²) in [6.07, 6.45) is 0.237. The predicted molar refractivity (Wildman–Crippen MR) is 103 cm³/mol. The third kappa shape index (κ3) is 4.51. The number of carbonyl (C=O) groups is 2. The summed E-state index contributed by atoms with van der Waals surface area (Å²) in [4.78, 5) is 24.1. The lowest BCUT2D eigenvalue weighted by Crippen LogP contribution is -2.13. The number of nitriles is 1. The summed E-state index contributed by atoms with van der Waals surface area (Å²) >= 11 is 6.75. The van der Waals surface area contributed by atoms with Gasteiger partial charge in [0.25, 0.3) is 0 Å². The molecule has 5 nitrogen and oxygen atoms in total. The fourth-order valence-electron chi connectivity index (χ4n) is 2.60. The minimum absolute atomic E-state index is 0.237. The molecule has 2 aromatic rings. The largest absolute Gasteiger partial charge is 0.465 e. The van der Waals surface area contributed by atoms with Gasteiger partial charge in [0, 0.05) is 8.95 Å². The van der Waals surface area contributed by atoms with Gasteiger partial charge in [0.2, 0.25) is 0 Å². The van der Waals surface area contributed by atoms with Crippen molar-refractivity contribution in [3.8, 4) is 6.07 Å². The molecule has 2 aromatic carbocycles. The van der Waals surface area contributed by atoms with E-state index in [0.29, 0.717) is 22.3 Å². The Labute approximate surface area is 168 Å². The summed E-state index contributed by atoms with van der Waals surface area (Å²) in [5, 5.41) is 9.72. The maximum absolute atomic E-state index is 12.1. The summed E-state index contributed by atoms with van der Waals surface area (Å²) in [5.41, 5.74) is 1.88. The third-order valence-electron chi connectivity index (χ3n) is 3.85. The highest BCUT2D eigenvalue weighted by atomic mass is 79.9. The van der Waals surface area contributed by atoms with Gasteiger partial charge in [-0.1, -0.05) is 31.9 Å². The van der Waals surface area contributed by atoms with E-state index in [1.807, 2.05) is 0 Å². The van der Waals surface area contributed by atoms with Crippen molar-refractivity contribution >= 4 is 43.8 Å². The quantitative estimate of drug-likeness (QED) is 0.583. The molecule has 0 heterocycles. The summed E-state index contributed by atoms with van der Waals surface area (Å²) in [6.45, 7) is 0. The molecule has 1 atom stereocenters. The van der Waals surface area contributed by atoms with Crippen LogP contribution in [-0.2, 0) is 15.9 Å². The Hall–Kier alpha value is -2.17. The van der Waals surface area contributed by atoms with Crippen molar-refractivity contribution in [3.63, 3.8) is 0 Å². The van der Waals surface area contributed by atoms with Crippen LogP contribution >= 0.6 is 31.9 Å². The van der Waals surface area contributed by atoms with Crippen molar-refractivity contribution in [1.29, 1.82) is 5.26 Å². The average Bonchev–Trinajstić information content (AvgIpc) is 2.64. The van der Waals surface area contributed by atoms with Gasteiger partial charge in [-0.3, -0.25) is 0 Å². The second-order valence-electron chi connectivity index (χ2n) is 5.40. The van der Waals surface area contributed by atoms with Gasteiger partial charge in [0.1, 0.15) is 0 Å². The Kier molecular flexibility index (Phi) is 6.95. The van der Waals surface area contributed by atoms with Crippen molar-refractivity contribution in [2.24, 2.45) is 0 Å². The monoisotopic (exact) mass is 479 g/mol. The number of hydrogen-bond donors (Lipinski definition) is 0. The Morgan fingerprint density at radius 2 is 1.54 bits per heavy atom. The van der Waals surface area contributed by atoms with E-state index in [4.69, 9.17) is 9.47 Å². The molecule has 0 radical (unpaired) electrons. The number of benzene rings is 2. The predicted octanol–water partition coefficient (Wildman–Crippen LogP) is 4.63. The van der Waals surface area contributed by atoms with Crippen LogP contribution in [-0.4, -0.2) is 26.2 Å². The summed E-state index contributed by atoms with van der Waals surface area (Å²) in [5.74, 6) is -1.65. The molecule has 0 bridgehead atoms. The van der Waals surface area contributed by atoms with Gasteiger partial charge >= 0.3 is 11.9 Å². The topological polar surface area (TPSA) is 76.4 Å². The molecule has 0 aliphatic carbocycles. The van der Waals surface area contributed by atoms with Gasteiger partial charge < -0.3 is 9.47 Å². The molecule has 0 aliphatic rings. The molecular formula is C19H15Br2NO4. The highest BCUT2D eigenvalue weighted by Crippen LogP contribution is 2.30. The summed E-state index contributed by atoms with van der Waals surface area (Å²) in [7, 11) is 2.60. The zero-order valence-electron chi connectivity index (χ0n) is 14.1. The lowest BCUT2D eigenvalue weighted by molar-refractivity contribution is 0.0589. The summed E-state index contributed by atoms with van der Waals surface area (Å²) < 4.78 is 11.1. The van der Waals surface area contributed by atoms with Crippen LogP contribution in [0.1, 0.15) is 37.8 Å². The molecular weight excluding hydrogens is 466 g/mol. The molecule has 0 aliphatic heterocycles. The SMILES string of the molecule is COC(=O)c1ccc(Br)cc1CC(C#N)c1cc(Br)ccc1C(=O)OC. The molecule has 0 spiro atoms. The van der Waals surface area contributed by atoms with Gasteiger partial charge in [-0.15, -0.1) is 0 Å². The second-order valence-corrected chi connectivity index (χ2v) is 7.23. The number of ether oxygens (including phenoxy) is 2. The normalized spacial score (nSPS) is 11.3. The lowest BCUT2D eigenvalue weighted by atomic mass is 9.88. The number of methoxy groups -OCH3 is 2. The molecule has 7 heteroatoms. The van der Waals surface area contributed by atoms with E-state index in [-0.39, 0.29) is 6.42 Å². The fourth-order valence-corrected chi connectivity index (χ4v) is 3.39. The van der Waals surface area contributed by atoms with Crippen molar-refractivity contribution < 1.29 is 19.1 Å². The molecule has 0 saturated carbocycles. The first-order valence-corrected chi connectivity index (χ1v) is 9.14. The number of halogens is 2. The average molecular weight is 481 g/mol. The summed E-state index contributed by atoms with van der Waals surface area (Å²) in [6, 6.07) is 12.4. The van der Waals surface area contributed by atoms with Crippen molar-refractivity contribution in [2.45, 2.75) is 12.3 Å². The third-order valence-corrected chi connectivity index (χ3v) is 4.83. The molecule has 26 heavy (non-hydrogen) atoms. The first-order chi connectivity index (χ1) is 12.4. The van der Waals surface area contributed by atoms with Crippen LogP contribution in [0.5, 0.6) is 0 Å². The molecule has 2 rings (SSSR count). The minimum atomic E-state index is -0.653. The first kappa shape index (κ1) is 20.1. The number of hydrogen-bond acceptors (Lipinski definition) is 5. The van der Waals surface area contributed by atoms with E-state index >= 15 is 0 Å². The molecule has 0 amide bonds. The van der Waals surface area contributed by atoms with E-state index in [2.05, 4.69) is 37.9 Å². The molecule has 0 aromatic heterocycles. The van der Waals surface area contributed by atoms with Gasteiger partial charge in [-0.25, -0.2) is 9.59 Å². The van der Waals surface area contributed by atoms with Crippen LogP contribution in [0, 0.1) is 11.3 Å². The van der Waals surface area contributed by atoms with E-state index < -0.39 is 17.9 Å². The Morgan fingerprint density at radius 3 is 2.12 bits per heavy atom. The van der Waals surface area contributed by atoms with Gasteiger partial charge in [-0.2, -0.15) is 5.26 Å². The van der Waals surface area contributed by atoms with Gasteiger partial charge in [-0.05, 0) is 53.9 Å². The maximum atomic E-state index is 12.1. The number of rotatable bonds is 5. The zero-order valence-corrected chi connectivity index (χ0v) is 17.3. The Balaban J connectivity index is 2.51. The van der Waals surface area contributed by atoms with Gasteiger partial charge in [0.05, 0.1) is 37.3 Å². The maximum Gasteiger partial charge on any atom is 0.338 e. The highest BCUT2D eigenvalue weighted by Gasteiger charge is 2.23. The van der Waals surface area contributed by atoms with Gasteiger partial charge in [0.15, 0.2) is 0 Å². The number of esters is 2. The zero-order chi connectivity index (χ0) is 19.3. The molecule has 0 fully saturated rings. The van der Waals surface area contributed by atoms with Crippen molar-refractivity contribution in [3.05, 3.63) is 67.6 Å². The van der Waals surface area contributed by atoms with Crippen LogP contribution < -0.4 is 0 Å². The van der Waals surface area contributed by atoms with Crippen LogP contribution in [0.25, 0.3) is 0 Å². The highest BCUT2D eigenvalue weighted by molar-refractivity contribution is 9.10. The first-order valence-electron chi connectivity index (χ1n) is 7.55. The fraction of sp³-hybridized carbons (Fsp3) is 0.211. The molecule has 134 valence electrons. The minimum Gasteiger partial charge on any atom is -0.465 e. The van der Waals surface area contributed by atoms with E-state index in [9.17, 15) is 14.9 Å². The van der Waals surface area contributed by atoms with Crippen LogP contribution in [0.4, 0.5) is 0 Å². The molecule has 1 unspecified atom stereocenters. The smallest absolute Gasteiger partial charge is 0.338 e. The number of nitrogens with zero attached hydrogens (tertiary/aromatic N) is 1. The van der Waals surface area contributed by atoms with E-state index in [0.717, 1.165) is 8.95 Å². The standard InChI is InChI=1S/C19H15Br2NO4/c1-25-18(23)15-5-3-13(20)8-11(15)7-12(10-22)17-9-14(21)4-6-16(17)19(24)26-2/h3-6,8-9,12H,7H2,1-2H3. The van der Waals surface area contributed by atoms with E-state index in [1.165, 1.54) is 14.2 Å². The number of carbonyl (C=O) groups excluding carboxylic acids is 2.